The van der Waals surface area contributed by atoms with Gasteiger partial charge in [0, 0.05) is 4.47 Å². The first-order chi connectivity index (χ1) is 8.94. The number of nitrogens with one attached hydrogen (secondary N) is 1. The molecule has 0 spiro atoms. The fourth-order valence-electron chi connectivity index (χ4n) is 1.33. The highest BCUT2D eigenvalue weighted by Crippen LogP contribution is 2.31. The van der Waals surface area contributed by atoms with Crippen LogP contribution in [0.15, 0.2) is 38.3 Å². The first-order valence-corrected chi connectivity index (χ1v) is 8.43. The van der Waals surface area contributed by atoms with E-state index in [4.69, 9.17) is 16.9 Å². The predicted molar refractivity (Wildman–Crippen MR) is 79.0 cm³/mol. The van der Waals surface area contributed by atoms with E-state index in [1.54, 1.807) is 11.4 Å². The maximum atomic E-state index is 12.1. The molecule has 0 amide bonds. The van der Waals surface area contributed by atoms with Gasteiger partial charge in [0.1, 0.15) is 0 Å². The van der Waals surface area contributed by atoms with Crippen molar-refractivity contribution in [3.05, 3.63) is 44.7 Å². The Balaban J connectivity index is 2.37. The maximum absolute atomic E-state index is 12.1. The van der Waals surface area contributed by atoms with Crippen molar-refractivity contribution in [3.63, 3.8) is 0 Å². The second-order valence-electron chi connectivity index (χ2n) is 3.47. The Bertz CT molecular complexity index is 765. The first kappa shape index (κ1) is 14.3. The number of nitriles is 1. The van der Waals surface area contributed by atoms with Gasteiger partial charge < -0.3 is 0 Å². The first-order valence-electron chi connectivity index (χ1n) is 4.89. The fraction of sp³-hybridized carbons (Fsp3) is 0. The minimum Gasteiger partial charge on any atom is -0.277 e. The van der Waals surface area contributed by atoms with Crippen LogP contribution in [-0.2, 0) is 10.0 Å². The van der Waals surface area contributed by atoms with Gasteiger partial charge in [0.2, 0.25) is 0 Å². The Hall–Kier alpha value is -1.07. The van der Waals surface area contributed by atoms with Crippen molar-refractivity contribution in [2.24, 2.45) is 0 Å². The number of benzene rings is 1. The fourth-order valence-corrected chi connectivity index (χ4v) is 5.03. The molecule has 1 N–H and O–H groups in total. The van der Waals surface area contributed by atoms with Crippen LogP contribution in [0.25, 0.3) is 0 Å². The molecule has 2 aromatic rings. The average Bonchev–Trinajstić information content (AvgIpc) is 2.79. The summed E-state index contributed by atoms with van der Waals surface area (Å²) in [4.78, 5) is 0. The summed E-state index contributed by atoms with van der Waals surface area (Å²) in [6, 6.07) is 7.94. The number of hydrogen-bond acceptors (Lipinski definition) is 4. The summed E-state index contributed by atoms with van der Waals surface area (Å²) in [5, 5.41) is 10.6. The van der Waals surface area contributed by atoms with Gasteiger partial charge in [0.25, 0.3) is 10.0 Å². The molecule has 1 heterocycles. The Kier molecular flexibility index (Phi) is 4.16. The second kappa shape index (κ2) is 5.51. The highest BCUT2D eigenvalue weighted by atomic mass is 79.9. The number of hydrogen-bond donors (Lipinski definition) is 1. The molecule has 0 atom stereocenters. The molecule has 0 unspecified atom stereocenters. The molecule has 19 heavy (non-hydrogen) atoms. The van der Waals surface area contributed by atoms with E-state index in [1.807, 2.05) is 6.07 Å². The van der Waals surface area contributed by atoms with Crippen LogP contribution in [0.2, 0.25) is 5.02 Å². The molecule has 1 aromatic heterocycles. The summed E-state index contributed by atoms with van der Waals surface area (Å²) < 4.78 is 27.3. The van der Waals surface area contributed by atoms with Gasteiger partial charge in [0.15, 0.2) is 4.21 Å². The third-order valence-corrected chi connectivity index (χ3v) is 6.52. The minimum atomic E-state index is -3.69. The molecule has 2 rings (SSSR count). The van der Waals surface area contributed by atoms with Gasteiger partial charge in [-0.15, -0.1) is 11.3 Å². The number of nitrogens with zero attached hydrogens (tertiary/aromatic N) is 1. The summed E-state index contributed by atoms with van der Waals surface area (Å²) in [6.07, 6.45) is 0. The van der Waals surface area contributed by atoms with E-state index in [2.05, 4.69) is 20.7 Å². The van der Waals surface area contributed by atoms with Gasteiger partial charge in [-0.2, -0.15) is 5.26 Å². The van der Waals surface area contributed by atoms with Gasteiger partial charge >= 0.3 is 0 Å². The lowest BCUT2D eigenvalue weighted by Gasteiger charge is -2.08. The number of sulfonamides is 1. The minimum absolute atomic E-state index is 0.174. The third-order valence-electron chi connectivity index (χ3n) is 2.17. The van der Waals surface area contributed by atoms with E-state index in [0.717, 1.165) is 11.3 Å². The van der Waals surface area contributed by atoms with Gasteiger partial charge in [-0.25, -0.2) is 8.42 Å². The van der Waals surface area contributed by atoms with Crippen LogP contribution in [0.5, 0.6) is 0 Å². The molecule has 0 aliphatic carbocycles. The predicted octanol–water partition coefficient (Wildman–Crippen LogP) is 3.84. The van der Waals surface area contributed by atoms with Gasteiger partial charge in [-0.1, -0.05) is 11.6 Å². The van der Waals surface area contributed by atoms with Crippen molar-refractivity contribution in [2.75, 3.05) is 4.72 Å². The summed E-state index contributed by atoms with van der Waals surface area (Å²) in [7, 11) is -3.69. The van der Waals surface area contributed by atoms with E-state index >= 15 is 0 Å². The molecular weight excluding hydrogens is 372 g/mol. The zero-order valence-electron chi connectivity index (χ0n) is 9.22. The molecule has 1 aromatic carbocycles. The van der Waals surface area contributed by atoms with Crippen LogP contribution in [0.3, 0.4) is 0 Å². The highest BCUT2D eigenvalue weighted by Gasteiger charge is 2.20. The van der Waals surface area contributed by atoms with Crippen molar-refractivity contribution in [1.82, 2.24) is 0 Å². The molecule has 0 saturated carbocycles. The Morgan fingerprint density at radius 3 is 2.63 bits per heavy atom. The average molecular weight is 378 g/mol. The standard InChI is InChI=1S/C11H6BrClN2O2S2/c12-8-3-4-18-11(8)19(16,17)15-10-2-1-7(6-14)5-9(10)13/h1-5,15H. The van der Waals surface area contributed by atoms with E-state index in [0.29, 0.717) is 10.0 Å². The number of halogens is 2. The van der Waals surface area contributed by atoms with Crippen LogP contribution >= 0.6 is 38.9 Å². The van der Waals surface area contributed by atoms with E-state index in [-0.39, 0.29) is 14.9 Å². The van der Waals surface area contributed by atoms with E-state index in [1.165, 1.54) is 18.2 Å². The summed E-state index contributed by atoms with van der Waals surface area (Å²) in [6.45, 7) is 0. The molecule has 0 aliphatic rings. The van der Waals surface area contributed by atoms with Gasteiger partial charge in [0.05, 0.1) is 22.3 Å². The lowest BCUT2D eigenvalue weighted by Crippen LogP contribution is -2.12. The van der Waals surface area contributed by atoms with Gasteiger partial charge in [-0.3, -0.25) is 4.72 Å². The van der Waals surface area contributed by atoms with E-state index < -0.39 is 10.0 Å². The summed E-state index contributed by atoms with van der Waals surface area (Å²) >= 11 is 10.2. The molecular formula is C11H6BrClN2O2S2. The lowest BCUT2D eigenvalue weighted by molar-refractivity contribution is 0.603. The normalized spacial score (nSPS) is 11.0. The monoisotopic (exact) mass is 376 g/mol. The molecule has 4 nitrogen and oxygen atoms in total. The second-order valence-corrected chi connectivity index (χ2v) is 7.52. The van der Waals surface area contributed by atoms with E-state index in [9.17, 15) is 8.42 Å². The molecule has 0 bridgehead atoms. The van der Waals surface area contributed by atoms with Crippen molar-refractivity contribution < 1.29 is 8.42 Å². The largest absolute Gasteiger partial charge is 0.277 e. The topological polar surface area (TPSA) is 70.0 Å². The zero-order valence-corrected chi connectivity index (χ0v) is 13.2. The molecule has 0 saturated heterocycles. The molecule has 8 heteroatoms. The maximum Gasteiger partial charge on any atom is 0.272 e. The highest BCUT2D eigenvalue weighted by molar-refractivity contribution is 9.10. The number of rotatable bonds is 3. The van der Waals surface area contributed by atoms with Crippen molar-refractivity contribution in [2.45, 2.75) is 4.21 Å². The Morgan fingerprint density at radius 2 is 2.11 bits per heavy atom. The summed E-state index contributed by atoms with van der Waals surface area (Å²) in [5.74, 6) is 0. The molecule has 98 valence electrons. The quantitative estimate of drug-likeness (QED) is 0.883. The number of anilines is 1. The van der Waals surface area contributed by atoms with Crippen molar-refractivity contribution in [1.29, 1.82) is 5.26 Å². The molecule has 0 radical (unpaired) electrons. The smallest absolute Gasteiger partial charge is 0.272 e. The lowest BCUT2D eigenvalue weighted by atomic mass is 10.2. The van der Waals surface area contributed by atoms with Crippen molar-refractivity contribution >= 4 is 54.6 Å². The van der Waals surface area contributed by atoms with Crippen molar-refractivity contribution in [3.8, 4) is 6.07 Å². The Labute approximate surface area is 127 Å². The van der Waals surface area contributed by atoms with Crippen LogP contribution in [0.4, 0.5) is 5.69 Å². The van der Waals surface area contributed by atoms with Crippen LogP contribution in [0.1, 0.15) is 5.56 Å². The zero-order chi connectivity index (χ0) is 14.0. The number of thiophene rings is 1. The molecule has 0 fully saturated rings. The Morgan fingerprint density at radius 1 is 1.37 bits per heavy atom. The summed E-state index contributed by atoms with van der Waals surface area (Å²) in [5.41, 5.74) is 0.603. The third kappa shape index (κ3) is 3.09. The van der Waals surface area contributed by atoms with Crippen LogP contribution < -0.4 is 4.72 Å². The van der Waals surface area contributed by atoms with Gasteiger partial charge in [-0.05, 0) is 45.6 Å². The van der Waals surface area contributed by atoms with Crippen LogP contribution in [0, 0.1) is 11.3 Å². The molecule has 0 aliphatic heterocycles. The SMILES string of the molecule is N#Cc1ccc(NS(=O)(=O)c2sccc2Br)c(Cl)c1. The van der Waals surface area contributed by atoms with Crippen LogP contribution in [-0.4, -0.2) is 8.42 Å².